The number of likely N-dealkylation sites (tertiary alicyclic amines) is 1. The molecule has 6 nitrogen and oxygen atoms in total. The smallest absolute Gasteiger partial charge is 0.264 e. The van der Waals surface area contributed by atoms with Gasteiger partial charge in [-0.05, 0) is 56.6 Å². The number of H-pyrrole nitrogens is 1. The van der Waals surface area contributed by atoms with Crippen molar-refractivity contribution in [2.45, 2.75) is 31.9 Å². The Bertz CT molecular complexity index is 694. The van der Waals surface area contributed by atoms with Gasteiger partial charge in [0.25, 0.3) is 5.56 Å². The fourth-order valence-electron chi connectivity index (χ4n) is 3.01. The molecule has 128 valence electrons. The molecule has 0 amide bonds. The zero-order valence-electron chi connectivity index (χ0n) is 13.8. The maximum atomic E-state index is 11.0. The number of aromatic nitrogens is 2. The predicted octanol–water partition coefficient (Wildman–Crippen LogP) is 1.66. The first-order chi connectivity index (χ1) is 11.6. The fourth-order valence-corrected chi connectivity index (χ4v) is 3.01. The molecular formula is C18H23N3O3. The molecule has 0 unspecified atom stereocenters. The molecule has 1 saturated heterocycles. The lowest BCUT2D eigenvalue weighted by Gasteiger charge is -2.24. The fraction of sp³-hybridized carbons (Fsp3) is 0.444. The average Bonchev–Trinajstić information content (AvgIpc) is 2.99. The first-order valence-corrected chi connectivity index (χ1v) is 8.33. The Morgan fingerprint density at radius 2 is 2.12 bits per heavy atom. The molecule has 1 aliphatic rings. The van der Waals surface area contributed by atoms with Crippen LogP contribution < -0.4 is 10.3 Å². The van der Waals surface area contributed by atoms with E-state index in [2.05, 4.69) is 22.0 Å². The molecule has 0 saturated carbocycles. The number of β-amino-alcohol motifs (C(OH)–C–C–N with tert-alkyl or cyclic N) is 1. The molecular weight excluding hydrogens is 306 g/mol. The van der Waals surface area contributed by atoms with Gasteiger partial charge in [-0.3, -0.25) is 9.69 Å². The minimum absolute atomic E-state index is 0.222. The highest BCUT2D eigenvalue weighted by atomic mass is 16.5. The van der Waals surface area contributed by atoms with E-state index in [0.717, 1.165) is 12.1 Å². The summed E-state index contributed by atoms with van der Waals surface area (Å²) in [5.41, 5.74) is 1.37. The number of hydrogen-bond donors (Lipinski definition) is 2. The molecule has 2 aromatic rings. The summed E-state index contributed by atoms with van der Waals surface area (Å²) in [7, 11) is 0. The molecule has 1 aromatic carbocycles. The Balaban J connectivity index is 1.52. The third-order valence-electron chi connectivity index (χ3n) is 4.41. The molecule has 0 bridgehead atoms. The number of ether oxygens (including phenoxy) is 1. The molecule has 3 rings (SSSR count). The van der Waals surface area contributed by atoms with Crippen molar-refractivity contribution in [3.8, 4) is 17.0 Å². The number of aromatic amines is 1. The molecule has 2 heterocycles. The summed E-state index contributed by atoms with van der Waals surface area (Å²) in [5.74, 6) is 0.705. The average molecular weight is 329 g/mol. The largest absolute Gasteiger partial charge is 0.491 e. The van der Waals surface area contributed by atoms with Crippen LogP contribution in [0.1, 0.15) is 19.8 Å². The topological polar surface area (TPSA) is 78.5 Å². The number of benzene rings is 1. The van der Waals surface area contributed by atoms with Gasteiger partial charge >= 0.3 is 0 Å². The number of nitrogens with zero attached hydrogens (tertiary/aromatic N) is 2. The van der Waals surface area contributed by atoms with Gasteiger partial charge in [-0.25, -0.2) is 5.10 Å². The third-order valence-corrected chi connectivity index (χ3v) is 4.41. The van der Waals surface area contributed by atoms with Crippen LogP contribution in [0, 0.1) is 0 Å². The van der Waals surface area contributed by atoms with Crippen molar-refractivity contribution in [3.05, 3.63) is 46.8 Å². The maximum Gasteiger partial charge on any atom is 0.264 e. The summed E-state index contributed by atoms with van der Waals surface area (Å²) in [5, 5.41) is 16.5. The zero-order chi connectivity index (χ0) is 16.9. The van der Waals surface area contributed by atoms with Crippen LogP contribution in [0.4, 0.5) is 0 Å². The number of aliphatic hydroxyl groups is 1. The van der Waals surface area contributed by atoms with Crippen LogP contribution in [0.25, 0.3) is 11.3 Å². The molecule has 1 fully saturated rings. The summed E-state index contributed by atoms with van der Waals surface area (Å²) in [6.07, 6.45) is 1.91. The maximum absolute atomic E-state index is 11.0. The van der Waals surface area contributed by atoms with Crippen LogP contribution in [0.15, 0.2) is 41.2 Å². The molecule has 1 aromatic heterocycles. The van der Waals surface area contributed by atoms with E-state index < -0.39 is 6.10 Å². The van der Waals surface area contributed by atoms with Crippen LogP contribution >= 0.6 is 0 Å². The number of nitrogens with one attached hydrogen (secondary N) is 1. The second kappa shape index (κ2) is 7.59. The van der Waals surface area contributed by atoms with E-state index in [4.69, 9.17) is 4.74 Å². The highest BCUT2D eigenvalue weighted by Crippen LogP contribution is 2.20. The van der Waals surface area contributed by atoms with Crippen molar-refractivity contribution in [3.63, 3.8) is 0 Å². The van der Waals surface area contributed by atoms with Gasteiger partial charge in [-0.15, -0.1) is 0 Å². The number of aliphatic hydroxyl groups excluding tert-OH is 1. The summed E-state index contributed by atoms with van der Waals surface area (Å²) < 4.78 is 5.67. The monoisotopic (exact) mass is 329 g/mol. The van der Waals surface area contributed by atoms with Crippen LogP contribution in [-0.2, 0) is 0 Å². The van der Waals surface area contributed by atoms with Crippen molar-refractivity contribution in [2.24, 2.45) is 0 Å². The Labute approximate surface area is 141 Å². The van der Waals surface area contributed by atoms with Gasteiger partial charge in [0.1, 0.15) is 18.5 Å². The van der Waals surface area contributed by atoms with Gasteiger partial charge in [0.15, 0.2) is 0 Å². The van der Waals surface area contributed by atoms with Crippen molar-refractivity contribution < 1.29 is 9.84 Å². The van der Waals surface area contributed by atoms with Gasteiger partial charge in [0.05, 0.1) is 5.69 Å². The summed E-state index contributed by atoms with van der Waals surface area (Å²) in [6.45, 7) is 4.18. The molecule has 24 heavy (non-hydrogen) atoms. The minimum Gasteiger partial charge on any atom is -0.491 e. The SMILES string of the molecule is C[C@@H]1CCCN1C[C@@H](O)COc1ccc(-c2ccc(=O)[nH]n2)cc1. The van der Waals surface area contributed by atoms with E-state index in [1.54, 1.807) is 6.07 Å². The Morgan fingerprint density at radius 3 is 2.75 bits per heavy atom. The van der Waals surface area contributed by atoms with E-state index in [0.29, 0.717) is 24.0 Å². The lowest BCUT2D eigenvalue weighted by atomic mass is 10.1. The lowest BCUT2D eigenvalue weighted by molar-refractivity contribution is 0.0662. The Hall–Kier alpha value is -2.18. The second-order valence-corrected chi connectivity index (χ2v) is 6.28. The van der Waals surface area contributed by atoms with Gasteiger partial charge in [-0.1, -0.05) is 0 Å². The first kappa shape index (κ1) is 16.7. The summed E-state index contributed by atoms with van der Waals surface area (Å²) in [6, 6.07) is 11.1. The molecule has 0 radical (unpaired) electrons. The van der Waals surface area contributed by atoms with Gasteiger partial charge in [0.2, 0.25) is 0 Å². The van der Waals surface area contributed by atoms with Crippen molar-refractivity contribution >= 4 is 0 Å². The van der Waals surface area contributed by atoms with E-state index in [1.807, 2.05) is 24.3 Å². The molecule has 0 spiro atoms. The quantitative estimate of drug-likeness (QED) is 0.843. The van der Waals surface area contributed by atoms with E-state index >= 15 is 0 Å². The van der Waals surface area contributed by atoms with Gasteiger partial charge in [-0.2, -0.15) is 5.10 Å². The predicted molar refractivity (Wildman–Crippen MR) is 92.1 cm³/mol. The minimum atomic E-state index is -0.494. The van der Waals surface area contributed by atoms with Crippen molar-refractivity contribution in [1.29, 1.82) is 0 Å². The Morgan fingerprint density at radius 1 is 1.33 bits per heavy atom. The van der Waals surface area contributed by atoms with E-state index in [9.17, 15) is 9.90 Å². The molecule has 2 atom stereocenters. The van der Waals surface area contributed by atoms with Crippen LogP contribution in [0.3, 0.4) is 0 Å². The third kappa shape index (κ3) is 4.21. The van der Waals surface area contributed by atoms with Crippen molar-refractivity contribution in [1.82, 2.24) is 15.1 Å². The summed E-state index contributed by atoms with van der Waals surface area (Å²) in [4.78, 5) is 13.3. The van der Waals surface area contributed by atoms with Crippen LogP contribution in [0.5, 0.6) is 5.75 Å². The van der Waals surface area contributed by atoms with Gasteiger partial charge < -0.3 is 9.84 Å². The normalized spacial score (nSPS) is 19.3. The highest BCUT2D eigenvalue weighted by molar-refractivity contribution is 5.59. The number of hydrogen-bond acceptors (Lipinski definition) is 5. The summed E-state index contributed by atoms with van der Waals surface area (Å²) >= 11 is 0. The number of rotatable bonds is 6. The van der Waals surface area contributed by atoms with Gasteiger partial charge in [0, 0.05) is 24.2 Å². The van der Waals surface area contributed by atoms with Crippen LogP contribution in [0.2, 0.25) is 0 Å². The van der Waals surface area contributed by atoms with Crippen LogP contribution in [-0.4, -0.2) is 52.0 Å². The lowest BCUT2D eigenvalue weighted by Crippen LogP contribution is -2.37. The zero-order valence-corrected chi connectivity index (χ0v) is 13.8. The Kier molecular flexibility index (Phi) is 5.27. The molecule has 6 heteroatoms. The molecule has 2 N–H and O–H groups in total. The van der Waals surface area contributed by atoms with Crippen molar-refractivity contribution in [2.75, 3.05) is 19.7 Å². The van der Waals surface area contributed by atoms with E-state index in [-0.39, 0.29) is 12.2 Å². The second-order valence-electron chi connectivity index (χ2n) is 6.28. The van der Waals surface area contributed by atoms with E-state index in [1.165, 1.54) is 18.9 Å². The highest BCUT2D eigenvalue weighted by Gasteiger charge is 2.22. The molecule has 1 aliphatic heterocycles. The molecule has 0 aliphatic carbocycles. The first-order valence-electron chi connectivity index (χ1n) is 8.33. The standard InChI is InChI=1S/C18H23N3O3/c1-13-3-2-10-21(13)11-15(22)12-24-16-6-4-14(5-7-16)17-8-9-18(23)20-19-17/h4-9,13,15,22H,2-3,10-12H2,1H3,(H,20,23)/t13-,15-/m1/s1.